The smallest absolute Gasteiger partial charge is 0.142 e. The minimum Gasteiger partial charge on any atom is -0.254 e. The molecule has 0 spiro atoms. The Morgan fingerprint density at radius 1 is 1.10 bits per heavy atom. The van der Waals surface area contributed by atoms with Crippen molar-refractivity contribution in [2.24, 2.45) is 0 Å². The number of nitrogens with zero attached hydrogens (tertiary/aromatic N) is 2. The molecule has 2 heterocycles. The molecule has 4 heteroatoms. The first-order valence-corrected chi connectivity index (χ1v) is 8.09. The number of aromatic nitrogens is 2. The Morgan fingerprint density at radius 2 is 1.95 bits per heavy atom. The molecule has 0 bridgehead atoms. The van der Waals surface area contributed by atoms with Gasteiger partial charge < -0.3 is 0 Å². The summed E-state index contributed by atoms with van der Waals surface area (Å²) in [6.07, 6.45) is 1.78. The van der Waals surface area contributed by atoms with Crippen LogP contribution in [0.15, 0.2) is 42.6 Å². The van der Waals surface area contributed by atoms with E-state index in [1.807, 2.05) is 18.2 Å². The molecule has 2 nitrogen and oxygen atoms in total. The number of rotatable bonds is 3. The van der Waals surface area contributed by atoms with E-state index in [0.717, 1.165) is 26.8 Å². The van der Waals surface area contributed by atoms with Gasteiger partial charge in [0, 0.05) is 16.6 Å². The highest BCUT2D eigenvalue weighted by Crippen LogP contribution is 2.34. The number of pyridine rings is 1. The zero-order valence-electron chi connectivity index (χ0n) is 11.9. The standard InChI is InChI=1S/C17H15ClN2S/c1-11-6-7-13(9-12(11)2)16-15(10-18)21-17(20-16)14-5-3-4-8-19-14/h3-9H,10H2,1-2H3. The molecule has 3 rings (SSSR count). The van der Waals surface area contributed by atoms with Crippen LogP contribution in [-0.2, 0) is 5.88 Å². The van der Waals surface area contributed by atoms with E-state index in [-0.39, 0.29) is 0 Å². The van der Waals surface area contributed by atoms with Crippen molar-refractivity contribution in [3.8, 4) is 22.0 Å². The first-order valence-electron chi connectivity index (χ1n) is 6.73. The number of halogens is 1. The predicted octanol–water partition coefficient (Wildman–Crippen LogP) is 5.23. The minimum atomic E-state index is 0.465. The van der Waals surface area contributed by atoms with Crippen LogP contribution < -0.4 is 0 Å². The maximum absolute atomic E-state index is 6.10. The molecule has 0 saturated heterocycles. The van der Waals surface area contributed by atoms with Crippen LogP contribution in [0.4, 0.5) is 0 Å². The van der Waals surface area contributed by atoms with Gasteiger partial charge >= 0.3 is 0 Å². The highest BCUT2D eigenvalue weighted by molar-refractivity contribution is 7.15. The van der Waals surface area contributed by atoms with E-state index >= 15 is 0 Å². The van der Waals surface area contributed by atoms with Gasteiger partial charge in [0.25, 0.3) is 0 Å². The molecule has 3 aromatic rings. The normalized spacial score (nSPS) is 10.8. The minimum absolute atomic E-state index is 0.465. The van der Waals surface area contributed by atoms with E-state index in [4.69, 9.17) is 16.6 Å². The first kappa shape index (κ1) is 14.2. The second kappa shape index (κ2) is 5.96. The van der Waals surface area contributed by atoms with Crippen molar-refractivity contribution in [3.63, 3.8) is 0 Å². The van der Waals surface area contributed by atoms with E-state index in [2.05, 4.69) is 37.0 Å². The maximum Gasteiger partial charge on any atom is 0.142 e. The molecule has 0 aliphatic carbocycles. The number of thiazole rings is 1. The Bertz CT molecular complexity index is 766. The van der Waals surface area contributed by atoms with Crippen LogP contribution >= 0.6 is 22.9 Å². The van der Waals surface area contributed by atoms with Crippen LogP contribution in [0.1, 0.15) is 16.0 Å². The molecule has 0 aliphatic heterocycles. The van der Waals surface area contributed by atoms with E-state index in [9.17, 15) is 0 Å². The van der Waals surface area contributed by atoms with Gasteiger partial charge in [0.05, 0.1) is 17.3 Å². The van der Waals surface area contributed by atoms with Crippen molar-refractivity contribution in [1.82, 2.24) is 9.97 Å². The lowest BCUT2D eigenvalue weighted by molar-refractivity contribution is 1.27. The van der Waals surface area contributed by atoms with Crippen molar-refractivity contribution >= 4 is 22.9 Å². The van der Waals surface area contributed by atoms with Gasteiger partial charge in [0.1, 0.15) is 5.01 Å². The maximum atomic E-state index is 6.10. The SMILES string of the molecule is Cc1ccc(-c2nc(-c3ccccn3)sc2CCl)cc1C. The van der Waals surface area contributed by atoms with Crippen molar-refractivity contribution in [2.75, 3.05) is 0 Å². The van der Waals surface area contributed by atoms with Crippen molar-refractivity contribution < 1.29 is 0 Å². The van der Waals surface area contributed by atoms with Gasteiger partial charge in [-0.25, -0.2) is 4.98 Å². The molecule has 0 amide bonds. The average molecular weight is 315 g/mol. The quantitative estimate of drug-likeness (QED) is 0.619. The lowest BCUT2D eigenvalue weighted by Gasteiger charge is -2.04. The van der Waals surface area contributed by atoms with Crippen LogP contribution in [0, 0.1) is 13.8 Å². The Labute approximate surface area is 133 Å². The molecule has 0 aliphatic rings. The van der Waals surface area contributed by atoms with Crippen LogP contribution in [0.25, 0.3) is 22.0 Å². The van der Waals surface area contributed by atoms with Gasteiger partial charge in [0.2, 0.25) is 0 Å². The number of aryl methyl sites for hydroxylation is 2. The number of hydrogen-bond acceptors (Lipinski definition) is 3. The Balaban J connectivity index is 2.10. The monoisotopic (exact) mass is 314 g/mol. The summed E-state index contributed by atoms with van der Waals surface area (Å²) in [7, 11) is 0. The summed E-state index contributed by atoms with van der Waals surface area (Å²) in [6.45, 7) is 4.23. The Morgan fingerprint density at radius 3 is 2.62 bits per heavy atom. The topological polar surface area (TPSA) is 25.8 Å². The van der Waals surface area contributed by atoms with Crippen LogP contribution in [0.2, 0.25) is 0 Å². The third-order valence-corrected chi connectivity index (χ3v) is 4.99. The molecule has 0 N–H and O–H groups in total. The molecule has 0 atom stereocenters. The van der Waals surface area contributed by atoms with Gasteiger partial charge in [-0.2, -0.15) is 0 Å². The molecular formula is C17H15ClN2S. The fourth-order valence-electron chi connectivity index (χ4n) is 2.16. The highest BCUT2D eigenvalue weighted by Gasteiger charge is 2.14. The Hall–Kier alpha value is -1.71. The molecule has 1 aromatic carbocycles. The number of hydrogen-bond donors (Lipinski definition) is 0. The molecule has 0 unspecified atom stereocenters. The molecular weight excluding hydrogens is 300 g/mol. The highest BCUT2D eigenvalue weighted by atomic mass is 35.5. The van der Waals surface area contributed by atoms with Gasteiger partial charge in [-0.3, -0.25) is 4.98 Å². The van der Waals surface area contributed by atoms with E-state index in [1.54, 1.807) is 17.5 Å². The summed E-state index contributed by atoms with van der Waals surface area (Å²) >= 11 is 7.72. The summed E-state index contributed by atoms with van der Waals surface area (Å²) in [5, 5.41) is 0.916. The molecule has 106 valence electrons. The summed E-state index contributed by atoms with van der Waals surface area (Å²) < 4.78 is 0. The predicted molar refractivity (Wildman–Crippen MR) is 89.8 cm³/mol. The third kappa shape index (κ3) is 2.85. The lowest BCUT2D eigenvalue weighted by atomic mass is 10.0. The van der Waals surface area contributed by atoms with Gasteiger partial charge in [-0.1, -0.05) is 18.2 Å². The van der Waals surface area contributed by atoms with Crippen LogP contribution in [0.5, 0.6) is 0 Å². The van der Waals surface area contributed by atoms with Crippen LogP contribution in [-0.4, -0.2) is 9.97 Å². The van der Waals surface area contributed by atoms with E-state index in [1.165, 1.54) is 11.1 Å². The molecule has 0 fully saturated rings. The second-order valence-electron chi connectivity index (χ2n) is 4.94. The van der Waals surface area contributed by atoms with Crippen molar-refractivity contribution in [2.45, 2.75) is 19.7 Å². The fraction of sp³-hybridized carbons (Fsp3) is 0.176. The summed E-state index contributed by atoms with van der Waals surface area (Å²) in [5.41, 5.74) is 5.53. The first-order chi connectivity index (χ1) is 10.2. The van der Waals surface area contributed by atoms with Gasteiger partial charge in [0.15, 0.2) is 0 Å². The zero-order chi connectivity index (χ0) is 14.8. The largest absolute Gasteiger partial charge is 0.254 e. The second-order valence-corrected chi connectivity index (χ2v) is 6.29. The van der Waals surface area contributed by atoms with E-state index < -0.39 is 0 Å². The van der Waals surface area contributed by atoms with E-state index in [0.29, 0.717) is 5.88 Å². The fourth-order valence-corrected chi connectivity index (χ4v) is 3.36. The molecule has 0 radical (unpaired) electrons. The zero-order valence-corrected chi connectivity index (χ0v) is 13.5. The summed E-state index contributed by atoms with van der Waals surface area (Å²) in [4.78, 5) is 10.2. The summed E-state index contributed by atoms with van der Waals surface area (Å²) in [5.74, 6) is 0.465. The average Bonchev–Trinajstić information content (AvgIpc) is 2.95. The number of benzene rings is 1. The van der Waals surface area contributed by atoms with Crippen LogP contribution in [0.3, 0.4) is 0 Å². The number of alkyl halides is 1. The Kier molecular flexibility index (Phi) is 4.04. The molecule has 2 aromatic heterocycles. The van der Waals surface area contributed by atoms with Gasteiger partial charge in [-0.05, 0) is 43.2 Å². The lowest BCUT2D eigenvalue weighted by Crippen LogP contribution is -1.87. The summed E-state index contributed by atoms with van der Waals surface area (Å²) in [6, 6.07) is 12.3. The van der Waals surface area contributed by atoms with Crippen molar-refractivity contribution in [3.05, 3.63) is 58.6 Å². The molecule has 0 saturated carbocycles. The molecule has 21 heavy (non-hydrogen) atoms. The third-order valence-electron chi connectivity index (χ3n) is 3.48. The van der Waals surface area contributed by atoms with Gasteiger partial charge in [-0.15, -0.1) is 22.9 Å². The van der Waals surface area contributed by atoms with Crippen molar-refractivity contribution in [1.29, 1.82) is 0 Å².